The van der Waals surface area contributed by atoms with E-state index < -0.39 is 0 Å². The van der Waals surface area contributed by atoms with E-state index in [0.717, 1.165) is 22.8 Å². The molecule has 2 heterocycles. The molecule has 1 unspecified atom stereocenters. The molecule has 2 aliphatic rings. The van der Waals surface area contributed by atoms with Gasteiger partial charge in [-0.3, -0.25) is 4.79 Å². The first kappa shape index (κ1) is 15.0. The number of likely N-dealkylation sites (N-methyl/N-ethyl adjacent to an activating group) is 1. The quantitative estimate of drug-likeness (QED) is 0.631. The second-order valence-electron chi connectivity index (χ2n) is 5.22. The van der Waals surface area contributed by atoms with Crippen molar-refractivity contribution in [1.29, 1.82) is 0 Å². The van der Waals surface area contributed by atoms with Crippen molar-refractivity contribution in [3.63, 3.8) is 0 Å². The van der Waals surface area contributed by atoms with Gasteiger partial charge in [0, 0.05) is 37.0 Å². The minimum atomic E-state index is -0.237. The van der Waals surface area contributed by atoms with E-state index in [-0.39, 0.29) is 23.9 Å². The van der Waals surface area contributed by atoms with Crippen molar-refractivity contribution in [2.45, 2.75) is 26.9 Å². The topological polar surface area (TPSA) is 58.6 Å². The third kappa shape index (κ3) is 2.85. The lowest BCUT2D eigenvalue weighted by Crippen LogP contribution is -2.21. The average molecular weight is 296 g/mol. The lowest BCUT2D eigenvalue weighted by atomic mass is 10.1. The van der Waals surface area contributed by atoms with Gasteiger partial charge in [-0.05, 0) is 13.8 Å². The Bertz CT molecular complexity index is 497. The molecule has 0 aliphatic carbocycles. The summed E-state index contributed by atoms with van der Waals surface area (Å²) >= 11 is 1.60. The summed E-state index contributed by atoms with van der Waals surface area (Å²) in [5.74, 6) is 0.483. The van der Waals surface area contributed by atoms with E-state index in [1.807, 2.05) is 20.8 Å². The highest BCUT2D eigenvalue weighted by molar-refractivity contribution is 8.03. The molecule has 0 aromatic heterocycles. The number of fused-ring (bicyclic) bond motifs is 1. The molecule has 1 atom stereocenters. The Morgan fingerprint density at radius 1 is 1.50 bits per heavy atom. The van der Waals surface area contributed by atoms with Gasteiger partial charge in [0.25, 0.3) is 0 Å². The van der Waals surface area contributed by atoms with Crippen molar-refractivity contribution < 1.29 is 14.3 Å². The van der Waals surface area contributed by atoms with Gasteiger partial charge < -0.3 is 15.0 Å². The fraction of sp³-hybridized carbons (Fsp3) is 0.571. The first-order chi connectivity index (χ1) is 9.43. The monoisotopic (exact) mass is 296 g/mol. The highest BCUT2D eigenvalue weighted by Crippen LogP contribution is 2.44. The molecule has 110 valence electrons. The zero-order valence-electron chi connectivity index (χ0n) is 12.2. The van der Waals surface area contributed by atoms with Gasteiger partial charge in [0.15, 0.2) is 0 Å². The van der Waals surface area contributed by atoms with Gasteiger partial charge in [-0.25, -0.2) is 4.79 Å². The van der Waals surface area contributed by atoms with Crippen molar-refractivity contribution in [3.05, 3.63) is 22.4 Å². The van der Waals surface area contributed by atoms with Crippen molar-refractivity contribution in [2.75, 3.05) is 19.3 Å². The molecule has 0 radical (unpaired) electrons. The summed E-state index contributed by atoms with van der Waals surface area (Å²) in [6.45, 7) is 6.44. The Balaban J connectivity index is 2.25. The summed E-state index contributed by atoms with van der Waals surface area (Å²) in [4.78, 5) is 25.7. The number of thioether (sulfide) groups is 1. The lowest BCUT2D eigenvalue weighted by Gasteiger charge is -2.15. The smallest absolute Gasteiger partial charge is 0.337 e. The molecule has 0 aromatic rings. The van der Waals surface area contributed by atoms with Crippen LogP contribution in [0, 0.1) is 5.92 Å². The maximum atomic E-state index is 12.2. The Hall–Kier alpha value is -1.43. The largest absolute Gasteiger partial charge is 0.460 e. The first-order valence-electron chi connectivity index (χ1n) is 6.71. The molecule has 0 saturated carbocycles. The molecule has 6 heteroatoms. The summed E-state index contributed by atoms with van der Waals surface area (Å²) < 4.78 is 5.31. The molecular formula is C14H20N2O3S. The Morgan fingerprint density at radius 3 is 2.80 bits per heavy atom. The number of ether oxygens (including phenoxy) is 1. The average Bonchev–Trinajstić information content (AvgIpc) is 2.87. The van der Waals surface area contributed by atoms with Crippen LogP contribution in [0.3, 0.4) is 0 Å². The maximum Gasteiger partial charge on any atom is 0.337 e. The summed E-state index contributed by atoms with van der Waals surface area (Å²) in [5.41, 5.74) is 1.69. The molecule has 20 heavy (non-hydrogen) atoms. The number of hydrogen-bond donors (Lipinski definition) is 1. The van der Waals surface area contributed by atoms with Crippen molar-refractivity contribution >= 4 is 23.6 Å². The van der Waals surface area contributed by atoms with E-state index in [1.165, 1.54) is 0 Å². The molecule has 5 nitrogen and oxygen atoms in total. The molecule has 2 aliphatic heterocycles. The SMILES string of the molecule is CNC(=O)C=C1CSC2=C(C(=O)OC(C)C)C(C)CN12. The molecule has 1 saturated heterocycles. The van der Waals surface area contributed by atoms with Crippen LogP contribution in [0.15, 0.2) is 22.4 Å². The molecule has 0 spiro atoms. The zero-order valence-corrected chi connectivity index (χ0v) is 13.0. The van der Waals surface area contributed by atoms with E-state index in [2.05, 4.69) is 10.2 Å². The Morgan fingerprint density at radius 2 is 2.20 bits per heavy atom. The number of nitrogens with one attached hydrogen (secondary N) is 1. The Labute approximate surface area is 123 Å². The van der Waals surface area contributed by atoms with Gasteiger partial charge in [0.1, 0.15) is 0 Å². The number of amides is 1. The van der Waals surface area contributed by atoms with E-state index in [9.17, 15) is 9.59 Å². The molecule has 0 aromatic carbocycles. The number of carbonyl (C=O) groups is 2. The fourth-order valence-electron chi connectivity index (χ4n) is 2.34. The van der Waals surface area contributed by atoms with Crippen molar-refractivity contribution in [3.8, 4) is 0 Å². The molecule has 0 bridgehead atoms. The predicted octanol–water partition coefficient (Wildman–Crippen LogP) is 1.48. The third-order valence-corrected chi connectivity index (χ3v) is 4.39. The van der Waals surface area contributed by atoms with Crippen LogP contribution in [0.5, 0.6) is 0 Å². The van der Waals surface area contributed by atoms with Crippen LogP contribution in [0.25, 0.3) is 0 Å². The van der Waals surface area contributed by atoms with Crippen molar-refractivity contribution in [2.24, 2.45) is 5.92 Å². The summed E-state index contributed by atoms with van der Waals surface area (Å²) in [5, 5.41) is 3.53. The summed E-state index contributed by atoms with van der Waals surface area (Å²) in [6.07, 6.45) is 1.48. The van der Waals surface area contributed by atoms with Crippen LogP contribution in [-0.2, 0) is 14.3 Å². The van der Waals surface area contributed by atoms with Crippen LogP contribution < -0.4 is 5.32 Å². The van der Waals surface area contributed by atoms with Gasteiger partial charge in [-0.2, -0.15) is 0 Å². The zero-order chi connectivity index (χ0) is 14.9. The molecule has 1 amide bonds. The second-order valence-corrected chi connectivity index (χ2v) is 6.19. The number of nitrogens with zero attached hydrogens (tertiary/aromatic N) is 1. The van der Waals surface area contributed by atoms with E-state index in [4.69, 9.17) is 4.74 Å². The highest BCUT2D eigenvalue weighted by Gasteiger charge is 2.39. The van der Waals surface area contributed by atoms with E-state index in [0.29, 0.717) is 5.75 Å². The van der Waals surface area contributed by atoms with Crippen LogP contribution in [0.2, 0.25) is 0 Å². The van der Waals surface area contributed by atoms with Crippen molar-refractivity contribution in [1.82, 2.24) is 10.2 Å². The predicted molar refractivity (Wildman–Crippen MR) is 78.7 cm³/mol. The van der Waals surface area contributed by atoms with Gasteiger partial charge in [-0.15, -0.1) is 11.8 Å². The minimum absolute atomic E-state index is 0.118. The maximum absolute atomic E-state index is 12.2. The van der Waals surface area contributed by atoms with Gasteiger partial charge >= 0.3 is 5.97 Å². The Kier molecular flexibility index (Phi) is 4.42. The van der Waals surface area contributed by atoms with E-state index in [1.54, 1.807) is 24.9 Å². The molecule has 2 rings (SSSR count). The van der Waals surface area contributed by atoms with E-state index >= 15 is 0 Å². The second kappa shape index (κ2) is 5.91. The lowest BCUT2D eigenvalue weighted by molar-refractivity contribution is -0.143. The third-order valence-electron chi connectivity index (χ3n) is 3.24. The van der Waals surface area contributed by atoms with Crippen LogP contribution in [0.4, 0.5) is 0 Å². The molecular weight excluding hydrogens is 276 g/mol. The van der Waals surface area contributed by atoms with Gasteiger partial charge in [0.05, 0.1) is 16.7 Å². The van der Waals surface area contributed by atoms with Crippen LogP contribution in [0.1, 0.15) is 20.8 Å². The highest BCUT2D eigenvalue weighted by atomic mass is 32.2. The van der Waals surface area contributed by atoms with Gasteiger partial charge in [-0.1, -0.05) is 6.92 Å². The number of rotatable bonds is 3. The fourth-order valence-corrected chi connectivity index (χ4v) is 3.65. The summed E-state index contributed by atoms with van der Waals surface area (Å²) in [7, 11) is 1.61. The molecule has 1 fully saturated rings. The first-order valence-corrected chi connectivity index (χ1v) is 7.70. The number of hydrogen-bond acceptors (Lipinski definition) is 5. The standard InChI is InChI=1S/C14H20N2O3S/c1-8(2)19-14(18)12-9(3)6-16-10(5-11(17)15-4)7-20-13(12)16/h5,8-9H,6-7H2,1-4H3,(H,15,17). The van der Waals surface area contributed by atoms with Crippen LogP contribution >= 0.6 is 11.8 Å². The molecule has 1 N–H and O–H groups in total. The number of carbonyl (C=O) groups excluding carboxylic acids is 2. The van der Waals surface area contributed by atoms with Gasteiger partial charge in [0.2, 0.25) is 5.91 Å². The minimum Gasteiger partial charge on any atom is -0.460 e. The van der Waals surface area contributed by atoms with Crippen LogP contribution in [-0.4, -0.2) is 42.2 Å². The summed E-state index contributed by atoms with van der Waals surface area (Å²) in [6, 6.07) is 0. The normalized spacial score (nSPS) is 23.6. The number of esters is 1.